The van der Waals surface area contributed by atoms with Gasteiger partial charge in [0.1, 0.15) is 11.4 Å². The van der Waals surface area contributed by atoms with Crippen LogP contribution in [0.2, 0.25) is 0 Å². The molecule has 0 saturated carbocycles. The number of ether oxygens (including phenoxy) is 1. The van der Waals surface area contributed by atoms with Crippen LogP contribution < -0.4 is 16.0 Å². The monoisotopic (exact) mass is 429 g/mol. The fourth-order valence-corrected chi connectivity index (χ4v) is 3.19. The van der Waals surface area contributed by atoms with Crippen LogP contribution in [-0.2, 0) is 0 Å². The quantitative estimate of drug-likeness (QED) is 0.216. The summed E-state index contributed by atoms with van der Waals surface area (Å²) in [6.45, 7) is 0. The second-order valence-corrected chi connectivity index (χ2v) is 6.75. The number of aromatic amines is 2. The highest BCUT2D eigenvalue weighted by atomic mass is 16.6. The summed E-state index contributed by atoms with van der Waals surface area (Å²) in [4.78, 5) is 50.0. The van der Waals surface area contributed by atoms with Gasteiger partial charge in [-0.15, -0.1) is 0 Å². The van der Waals surface area contributed by atoms with Crippen LogP contribution in [-0.4, -0.2) is 20.9 Å². The predicted molar refractivity (Wildman–Crippen MR) is 119 cm³/mol. The van der Waals surface area contributed by atoms with E-state index >= 15 is 0 Å². The maximum absolute atomic E-state index is 12.6. The molecule has 0 atom stereocenters. The summed E-state index contributed by atoms with van der Waals surface area (Å²) in [5.74, 6) is -0.183. The topological polar surface area (TPSA) is 135 Å². The van der Waals surface area contributed by atoms with Gasteiger partial charge in [0.15, 0.2) is 0 Å². The van der Waals surface area contributed by atoms with E-state index in [4.69, 9.17) is 4.74 Å². The number of aromatic nitrogens is 2. The van der Waals surface area contributed by atoms with Gasteiger partial charge in [-0.25, -0.2) is 9.59 Å². The van der Waals surface area contributed by atoms with E-state index < -0.39 is 27.8 Å². The highest BCUT2D eigenvalue weighted by molar-refractivity contribution is 6.05. The Morgan fingerprint density at radius 2 is 1.62 bits per heavy atom. The molecule has 0 aliphatic heterocycles. The minimum atomic E-state index is -1.09. The molecule has 0 radical (unpaired) electrons. The molecule has 158 valence electrons. The maximum atomic E-state index is 12.6. The first-order valence-corrected chi connectivity index (χ1v) is 9.41. The average Bonchev–Trinajstić information content (AvgIpc) is 2.77. The minimum Gasteiger partial charge on any atom is -0.423 e. The minimum absolute atomic E-state index is 0.227. The standard InChI is InChI=1S/C23H15N3O6/c27-21-20(26(30)31)19(24-23(29)25-21)13-10-14-8-11-16(12-9-14)32-22(28)18-7-3-5-15-4-1-2-6-17(15)18/h1-13H,(H2,24,25,27,29). The van der Waals surface area contributed by atoms with Crippen molar-refractivity contribution in [1.29, 1.82) is 0 Å². The molecule has 0 aliphatic rings. The van der Waals surface area contributed by atoms with E-state index in [1.165, 1.54) is 12.2 Å². The van der Waals surface area contributed by atoms with Crippen LogP contribution in [0.3, 0.4) is 0 Å². The molecule has 9 nitrogen and oxygen atoms in total. The van der Waals surface area contributed by atoms with Crippen LogP contribution in [0.25, 0.3) is 22.9 Å². The number of carbonyl (C=O) groups is 1. The highest BCUT2D eigenvalue weighted by Gasteiger charge is 2.18. The zero-order chi connectivity index (χ0) is 22.7. The van der Waals surface area contributed by atoms with Crippen molar-refractivity contribution in [2.75, 3.05) is 0 Å². The second kappa shape index (κ2) is 8.52. The Labute approximate surface area is 179 Å². The number of hydrogen-bond donors (Lipinski definition) is 2. The van der Waals surface area contributed by atoms with E-state index in [-0.39, 0.29) is 5.69 Å². The molecule has 0 aliphatic carbocycles. The number of esters is 1. The van der Waals surface area contributed by atoms with E-state index in [2.05, 4.69) is 4.98 Å². The summed E-state index contributed by atoms with van der Waals surface area (Å²) in [5.41, 5.74) is -1.88. The van der Waals surface area contributed by atoms with Gasteiger partial charge < -0.3 is 9.72 Å². The second-order valence-electron chi connectivity index (χ2n) is 6.75. The van der Waals surface area contributed by atoms with Crippen LogP contribution in [0.1, 0.15) is 21.6 Å². The van der Waals surface area contributed by atoms with Crippen molar-refractivity contribution in [1.82, 2.24) is 9.97 Å². The Balaban J connectivity index is 1.54. The van der Waals surface area contributed by atoms with E-state index in [0.717, 1.165) is 10.8 Å². The maximum Gasteiger partial charge on any atom is 0.357 e. The van der Waals surface area contributed by atoms with Crippen LogP contribution in [0, 0.1) is 10.1 Å². The van der Waals surface area contributed by atoms with E-state index in [0.29, 0.717) is 16.9 Å². The van der Waals surface area contributed by atoms with Crippen LogP contribution in [0.15, 0.2) is 76.3 Å². The molecule has 1 aromatic heterocycles. The van der Waals surface area contributed by atoms with Crippen LogP contribution in [0.4, 0.5) is 5.69 Å². The summed E-state index contributed by atoms with van der Waals surface area (Å²) in [5, 5.41) is 12.8. The highest BCUT2D eigenvalue weighted by Crippen LogP contribution is 2.21. The average molecular weight is 429 g/mol. The molecular formula is C23H15N3O6. The predicted octanol–water partition coefficient (Wildman–Crippen LogP) is 3.51. The molecule has 4 aromatic rings. The number of benzene rings is 3. The van der Waals surface area contributed by atoms with Gasteiger partial charge in [0.25, 0.3) is 0 Å². The van der Waals surface area contributed by atoms with Crippen molar-refractivity contribution in [3.8, 4) is 5.75 Å². The Bertz CT molecular complexity index is 1480. The number of fused-ring (bicyclic) bond motifs is 1. The Hall–Kier alpha value is -4.79. The Kier molecular flexibility index (Phi) is 5.45. The first-order valence-electron chi connectivity index (χ1n) is 9.41. The fraction of sp³-hybridized carbons (Fsp3) is 0. The molecule has 0 fully saturated rings. The van der Waals surface area contributed by atoms with Gasteiger partial charge in [0.05, 0.1) is 10.5 Å². The molecule has 32 heavy (non-hydrogen) atoms. The zero-order valence-electron chi connectivity index (χ0n) is 16.4. The molecular weight excluding hydrogens is 414 g/mol. The van der Waals surface area contributed by atoms with E-state index in [1.54, 1.807) is 36.4 Å². The van der Waals surface area contributed by atoms with Crippen molar-refractivity contribution in [3.05, 3.63) is 115 Å². The third kappa shape index (κ3) is 4.21. The number of nitrogens with one attached hydrogen (secondary N) is 2. The molecule has 9 heteroatoms. The summed E-state index contributed by atoms with van der Waals surface area (Å²) >= 11 is 0. The first-order chi connectivity index (χ1) is 15.4. The van der Waals surface area contributed by atoms with Gasteiger partial charge in [-0.1, -0.05) is 54.6 Å². The van der Waals surface area contributed by atoms with Gasteiger partial charge >= 0.3 is 22.9 Å². The van der Waals surface area contributed by atoms with Crippen LogP contribution in [0.5, 0.6) is 5.75 Å². The Morgan fingerprint density at radius 3 is 2.38 bits per heavy atom. The third-order valence-electron chi connectivity index (χ3n) is 4.67. The molecule has 0 amide bonds. The van der Waals surface area contributed by atoms with Crippen molar-refractivity contribution in [3.63, 3.8) is 0 Å². The van der Waals surface area contributed by atoms with Crippen molar-refractivity contribution in [2.24, 2.45) is 0 Å². The lowest BCUT2D eigenvalue weighted by Gasteiger charge is -2.07. The number of nitro groups is 1. The van der Waals surface area contributed by atoms with Crippen LogP contribution >= 0.6 is 0 Å². The smallest absolute Gasteiger partial charge is 0.357 e. The summed E-state index contributed by atoms with van der Waals surface area (Å²) in [7, 11) is 0. The summed E-state index contributed by atoms with van der Waals surface area (Å²) in [6.07, 6.45) is 2.74. The van der Waals surface area contributed by atoms with Gasteiger partial charge in [0, 0.05) is 0 Å². The number of nitrogens with zero attached hydrogens (tertiary/aromatic N) is 1. The molecule has 0 bridgehead atoms. The molecule has 1 heterocycles. The molecule has 2 N–H and O–H groups in total. The SMILES string of the molecule is O=C(Oc1ccc(C=Cc2[nH]c(=O)[nH]c(=O)c2[N+](=O)[O-])cc1)c1cccc2ccccc12. The number of rotatable bonds is 5. The van der Waals surface area contributed by atoms with Gasteiger partial charge in [-0.2, -0.15) is 0 Å². The molecule has 0 unspecified atom stereocenters. The van der Waals surface area contributed by atoms with Gasteiger partial charge in [0.2, 0.25) is 0 Å². The molecule has 3 aromatic carbocycles. The zero-order valence-corrected chi connectivity index (χ0v) is 16.4. The summed E-state index contributed by atoms with van der Waals surface area (Å²) < 4.78 is 5.46. The molecule has 0 spiro atoms. The number of H-pyrrole nitrogens is 2. The number of carbonyl (C=O) groups excluding carboxylic acids is 1. The van der Waals surface area contributed by atoms with Crippen molar-refractivity contribution in [2.45, 2.75) is 0 Å². The summed E-state index contributed by atoms with van der Waals surface area (Å²) in [6, 6.07) is 19.3. The lowest BCUT2D eigenvalue weighted by molar-refractivity contribution is -0.386. The first kappa shape index (κ1) is 20.5. The largest absolute Gasteiger partial charge is 0.423 e. The van der Waals surface area contributed by atoms with Gasteiger partial charge in [-0.05, 0) is 40.6 Å². The Morgan fingerprint density at radius 1 is 0.906 bits per heavy atom. The lowest BCUT2D eigenvalue weighted by Crippen LogP contribution is -2.25. The fourth-order valence-electron chi connectivity index (χ4n) is 3.19. The van der Waals surface area contributed by atoms with Crippen molar-refractivity contribution < 1.29 is 14.5 Å². The van der Waals surface area contributed by atoms with E-state index in [9.17, 15) is 24.5 Å². The normalized spacial score (nSPS) is 11.0. The molecule has 0 saturated heterocycles. The third-order valence-corrected chi connectivity index (χ3v) is 4.67. The van der Waals surface area contributed by atoms with Gasteiger partial charge in [-0.3, -0.25) is 19.9 Å². The lowest BCUT2D eigenvalue weighted by atomic mass is 10.0. The molecule has 4 rings (SSSR count). The number of hydrogen-bond acceptors (Lipinski definition) is 6. The van der Waals surface area contributed by atoms with E-state index in [1.807, 2.05) is 35.3 Å². The van der Waals surface area contributed by atoms with Crippen molar-refractivity contribution >= 4 is 34.6 Å².